The van der Waals surface area contributed by atoms with E-state index in [0.29, 0.717) is 24.1 Å². The number of hydrogen-bond donors (Lipinski definition) is 1. The standard InChI is InChI=1S/C21H25N3O5/c1-12(2)9-17(24-19(26)15-5-3-4-6-16(15)20(24)27)18(25)22-10-14-11-23(13-7-8-13)21(28)29-14/h3-6,12-14,17H,7-11H2,1-2H3,(H,22,25). The zero-order valence-corrected chi connectivity index (χ0v) is 16.6. The van der Waals surface area contributed by atoms with E-state index in [2.05, 4.69) is 5.32 Å². The lowest BCUT2D eigenvalue weighted by molar-refractivity contribution is -0.125. The predicted molar refractivity (Wildman–Crippen MR) is 103 cm³/mol. The van der Waals surface area contributed by atoms with Gasteiger partial charge in [-0.15, -0.1) is 0 Å². The fourth-order valence-corrected chi connectivity index (χ4v) is 3.93. The molecule has 2 unspecified atom stereocenters. The van der Waals surface area contributed by atoms with E-state index in [-0.39, 0.29) is 24.6 Å². The average Bonchev–Trinajstić information content (AvgIpc) is 3.42. The highest BCUT2D eigenvalue weighted by molar-refractivity contribution is 6.22. The van der Waals surface area contributed by atoms with E-state index in [9.17, 15) is 19.2 Å². The number of fused-ring (bicyclic) bond motifs is 1. The maximum Gasteiger partial charge on any atom is 0.410 e. The Bertz CT molecular complexity index is 829. The molecule has 2 heterocycles. The molecular weight excluding hydrogens is 374 g/mol. The van der Waals surface area contributed by atoms with Gasteiger partial charge in [0, 0.05) is 6.04 Å². The topological polar surface area (TPSA) is 96.0 Å². The van der Waals surface area contributed by atoms with Crippen molar-refractivity contribution in [3.8, 4) is 0 Å². The van der Waals surface area contributed by atoms with Gasteiger partial charge in [0.1, 0.15) is 12.1 Å². The molecule has 2 atom stereocenters. The minimum atomic E-state index is -0.904. The van der Waals surface area contributed by atoms with Crippen molar-refractivity contribution < 1.29 is 23.9 Å². The van der Waals surface area contributed by atoms with E-state index in [1.165, 1.54) is 0 Å². The molecule has 1 aromatic rings. The van der Waals surface area contributed by atoms with Gasteiger partial charge in [0.25, 0.3) is 11.8 Å². The normalized spacial score (nSPS) is 22.2. The molecule has 8 heteroatoms. The zero-order chi connectivity index (χ0) is 20.7. The summed E-state index contributed by atoms with van der Waals surface area (Å²) in [5, 5.41) is 2.79. The first-order valence-corrected chi connectivity index (χ1v) is 10.1. The maximum atomic E-state index is 13.0. The largest absolute Gasteiger partial charge is 0.442 e. The third-order valence-corrected chi connectivity index (χ3v) is 5.53. The Labute approximate surface area is 169 Å². The molecule has 4 amide bonds. The summed E-state index contributed by atoms with van der Waals surface area (Å²) in [6.07, 6.45) is 1.57. The van der Waals surface area contributed by atoms with Gasteiger partial charge in [-0.1, -0.05) is 26.0 Å². The number of benzene rings is 1. The summed E-state index contributed by atoms with van der Waals surface area (Å²) in [6, 6.07) is 5.96. The Kier molecular flexibility index (Phi) is 5.02. The number of ether oxygens (including phenoxy) is 1. The van der Waals surface area contributed by atoms with Crippen LogP contribution in [0.1, 0.15) is 53.8 Å². The maximum absolute atomic E-state index is 13.0. The first kappa shape index (κ1) is 19.4. The van der Waals surface area contributed by atoms with Gasteiger partial charge in [0.05, 0.1) is 24.2 Å². The molecule has 154 valence electrons. The van der Waals surface area contributed by atoms with Crippen molar-refractivity contribution in [3.05, 3.63) is 35.4 Å². The number of nitrogens with one attached hydrogen (secondary N) is 1. The van der Waals surface area contributed by atoms with Crippen molar-refractivity contribution in [1.82, 2.24) is 15.1 Å². The molecule has 8 nitrogen and oxygen atoms in total. The third-order valence-electron chi connectivity index (χ3n) is 5.53. The number of cyclic esters (lactones) is 1. The molecule has 0 radical (unpaired) electrons. The molecule has 1 saturated carbocycles. The summed E-state index contributed by atoms with van der Waals surface area (Å²) in [5.41, 5.74) is 0.646. The fraction of sp³-hybridized carbons (Fsp3) is 0.524. The summed E-state index contributed by atoms with van der Waals surface area (Å²) in [5.74, 6) is -1.20. The SMILES string of the molecule is CC(C)CC(C(=O)NCC1CN(C2CC2)C(=O)O1)N1C(=O)c2ccccc2C1=O. The van der Waals surface area contributed by atoms with Crippen molar-refractivity contribution in [2.24, 2.45) is 5.92 Å². The lowest BCUT2D eigenvalue weighted by Gasteiger charge is -2.27. The number of hydrogen-bond acceptors (Lipinski definition) is 5. The van der Waals surface area contributed by atoms with Crippen molar-refractivity contribution in [2.45, 2.75) is 51.3 Å². The van der Waals surface area contributed by atoms with Crippen molar-refractivity contribution >= 4 is 23.8 Å². The monoisotopic (exact) mass is 399 g/mol. The number of rotatable bonds is 7. The average molecular weight is 399 g/mol. The van der Waals surface area contributed by atoms with Gasteiger partial charge < -0.3 is 15.0 Å². The van der Waals surface area contributed by atoms with Gasteiger partial charge >= 0.3 is 6.09 Å². The minimum Gasteiger partial charge on any atom is -0.442 e. The molecule has 3 aliphatic rings. The van der Waals surface area contributed by atoms with Crippen LogP contribution >= 0.6 is 0 Å². The zero-order valence-electron chi connectivity index (χ0n) is 16.6. The lowest BCUT2D eigenvalue weighted by Crippen LogP contribution is -2.51. The molecule has 1 aromatic carbocycles. The van der Waals surface area contributed by atoms with Crippen LogP contribution < -0.4 is 5.32 Å². The molecule has 1 aliphatic carbocycles. The van der Waals surface area contributed by atoms with E-state index in [1.807, 2.05) is 13.8 Å². The molecule has 2 fully saturated rings. The van der Waals surface area contributed by atoms with Gasteiger partial charge in [-0.25, -0.2) is 4.79 Å². The second-order valence-electron chi connectivity index (χ2n) is 8.31. The molecule has 0 aromatic heterocycles. The van der Waals surface area contributed by atoms with Crippen molar-refractivity contribution in [2.75, 3.05) is 13.1 Å². The third kappa shape index (κ3) is 3.71. The smallest absolute Gasteiger partial charge is 0.410 e. The highest BCUT2D eigenvalue weighted by Crippen LogP contribution is 2.30. The number of imide groups is 1. The Morgan fingerprint density at radius 3 is 2.31 bits per heavy atom. The first-order chi connectivity index (χ1) is 13.9. The van der Waals surface area contributed by atoms with Gasteiger partial charge in [0.2, 0.25) is 5.91 Å². The molecule has 29 heavy (non-hydrogen) atoms. The second kappa shape index (κ2) is 7.50. The summed E-state index contributed by atoms with van der Waals surface area (Å²) in [6.45, 7) is 4.48. The number of nitrogens with zero attached hydrogens (tertiary/aromatic N) is 2. The summed E-state index contributed by atoms with van der Waals surface area (Å²) >= 11 is 0. The van der Waals surface area contributed by atoms with Crippen LogP contribution in [0.25, 0.3) is 0 Å². The van der Waals surface area contributed by atoms with Crippen LogP contribution in [0.2, 0.25) is 0 Å². The van der Waals surface area contributed by atoms with E-state index < -0.39 is 29.9 Å². The molecule has 0 bridgehead atoms. The van der Waals surface area contributed by atoms with Gasteiger partial charge in [0.15, 0.2) is 0 Å². The molecule has 2 aliphatic heterocycles. The second-order valence-corrected chi connectivity index (χ2v) is 8.31. The molecule has 0 spiro atoms. The van der Waals surface area contributed by atoms with E-state index in [4.69, 9.17) is 4.74 Å². The Balaban J connectivity index is 1.44. The van der Waals surface area contributed by atoms with E-state index in [1.54, 1.807) is 29.2 Å². The lowest BCUT2D eigenvalue weighted by atomic mass is 10.0. The Morgan fingerprint density at radius 1 is 1.14 bits per heavy atom. The highest BCUT2D eigenvalue weighted by Gasteiger charge is 2.44. The van der Waals surface area contributed by atoms with Crippen molar-refractivity contribution in [3.63, 3.8) is 0 Å². The van der Waals surface area contributed by atoms with Crippen LogP contribution in [0, 0.1) is 5.92 Å². The molecule has 1 saturated heterocycles. The summed E-state index contributed by atoms with van der Waals surface area (Å²) in [4.78, 5) is 53.3. The summed E-state index contributed by atoms with van der Waals surface area (Å²) < 4.78 is 5.33. The fourth-order valence-electron chi connectivity index (χ4n) is 3.93. The minimum absolute atomic E-state index is 0.102. The van der Waals surface area contributed by atoms with Crippen LogP contribution in [-0.4, -0.2) is 64.9 Å². The Morgan fingerprint density at radius 2 is 1.76 bits per heavy atom. The van der Waals surface area contributed by atoms with E-state index >= 15 is 0 Å². The summed E-state index contributed by atoms with van der Waals surface area (Å²) in [7, 11) is 0. The predicted octanol–water partition coefficient (Wildman–Crippen LogP) is 1.80. The Hall–Kier alpha value is -2.90. The quantitative estimate of drug-likeness (QED) is 0.706. The number of amides is 4. The van der Waals surface area contributed by atoms with E-state index in [0.717, 1.165) is 17.7 Å². The number of carbonyl (C=O) groups excluding carboxylic acids is 4. The first-order valence-electron chi connectivity index (χ1n) is 10.1. The van der Waals surface area contributed by atoms with Gasteiger partial charge in [-0.05, 0) is 37.3 Å². The van der Waals surface area contributed by atoms with Crippen molar-refractivity contribution in [1.29, 1.82) is 0 Å². The molecule has 4 rings (SSSR count). The van der Waals surface area contributed by atoms with Crippen LogP contribution in [0.15, 0.2) is 24.3 Å². The van der Waals surface area contributed by atoms with Crippen LogP contribution in [-0.2, 0) is 9.53 Å². The number of carbonyl (C=O) groups is 4. The molecular formula is C21H25N3O5. The van der Waals surface area contributed by atoms with Crippen LogP contribution in [0.4, 0.5) is 4.79 Å². The molecule has 1 N–H and O–H groups in total. The highest BCUT2D eigenvalue weighted by atomic mass is 16.6. The van der Waals surface area contributed by atoms with Crippen LogP contribution in [0.5, 0.6) is 0 Å². The van der Waals surface area contributed by atoms with Gasteiger partial charge in [-0.2, -0.15) is 0 Å². The van der Waals surface area contributed by atoms with Crippen LogP contribution in [0.3, 0.4) is 0 Å². The van der Waals surface area contributed by atoms with Gasteiger partial charge in [-0.3, -0.25) is 19.3 Å².